The predicted octanol–water partition coefficient (Wildman–Crippen LogP) is 2.02. The number of hydrogen-bond donors (Lipinski definition) is 1. The number of nitrogens with one attached hydrogen (secondary N) is 1. The summed E-state index contributed by atoms with van der Waals surface area (Å²) in [5.74, 6) is 0.993. The van der Waals surface area contributed by atoms with Crippen molar-refractivity contribution in [2.75, 3.05) is 5.32 Å². The van der Waals surface area contributed by atoms with Crippen molar-refractivity contribution in [3.8, 4) is 0 Å². The lowest BCUT2D eigenvalue weighted by molar-refractivity contribution is 0.418. The molecule has 0 aliphatic carbocycles. The Hall–Kier alpha value is -1.85. The van der Waals surface area contributed by atoms with Gasteiger partial charge in [0.05, 0.1) is 12.2 Å². The van der Waals surface area contributed by atoms with Gasteiger partial charge in [-0.3, -0.25) is 4.68 Å². The van der Waals surface area contributed by atoms with E-state index < -0.39 is 0 Å². The molecular formula is C11H17N5O. The van der Waals surface area contributed by atoms with Gasteiger partial charge in [-0.25, -0.2) is 0 Å². The normalized spacial score (nSPS) is 11.1. The fraction of sp³-hybridized carbons (Fsp3) is 0.545. The second-order valence-electron chi connectivity index (χ2n) is 4.10. The molecule has 17 heavy (non-hydrogen) atoms. The third-order valence-electron chi connectivity index (χ3n) is 2.48. The Morgan fingerprint density at radius 2 is 2.29 bits per heavy atom. The molecule has 6 nitrogen and oxygen atoms in total. The molecule has 2 aromatic rings. The summed E-state index contributed by atoms with van der Waals surface area (Å²) < 4.78 is 7.02. The Labute approximate surface area is 100 Å². The summed E-state index contributed by atoms with van der Waals surface area (Å²) in [6.45, 7) is 7.60. The number of anilines is 1. The van der Waals surface area contributed by atoms with E-state index in [0.717, 1.165) is 18.1 Å². The van der Waals surface area contributed by atoms with E-state index in [1.807, 2.05) is 24.6 Å². The lowest BCUT2D eigenvalue weighted by Gasteiger charge is -2.03. The molecule has 2 heterocycles. The Kier molecular flexibility index (Phi) is 3.41. The van der Waals surface area contributed by atoms with Crippen molar-refractivity contribution in [1.82, 2.24) is 19.9 Å². The highest BCUT2D eigenvalue weighted by atomic mass is 16.5. The highest BCUT2D eigenvalue weighted by molar-refractivity contribution is 5.21. The molecule has 2 aromatic heterocycles. The third kappa shape index (κ3) is 2.64. The molecule has 0 aromatic carbocycles. The SMILES string of the molecule is CCn1nccc1CNc1nc(C(C)C)no1. The molecule has 6 heteroatoms. The Bertz CT molecular complexity index is 474. The lowest BCUT2D eigenvalue weighted by Crippen LogP contribution is -2.08. The standard InChI is InChI=1S/C11H17N5O/c1-4-16-9(5-6-13-16)7-12-11-14-10(8(2)3)15-17-11/h5-6,8H,4,7H2,1-3H3,(H,12,14,15). The van der Waals surface area contributed by atoms with Crippen LogP contribution in [0, 0.1) is 0 Å². The summed E-state index contributed by atoms with van der Waals surface area (Å²) in [4.78, 5) is 4.25. The summed E-state index contributed by atoms with van der Waals surface area (Å²) in [5.41, 5.74) is 1.09. The van der Waals surface area contributed by atoms with Gasteiger partial charge < -0.3 is 9.84 Å². The number of rotatable bonds is 5. The quantitative estimate of drug-likeness (QED) is 0.858. The molecule has 0 aliphatic rings. The zero-order chi connectivity index (χ0) is 12.3. The first-order chi connectivity index (χ1) is 8.20. The molecule has 92 valence electrons. The maximum absolute atomic E-state index is 5.10. The van der Waals surface area contributed by atoms with Gasteiger partial charge in [0.1, 0.15) is 0 Å². The van der Waals surface area contributed by atoms with E-state index in [2.05, 4.69) is 27.5 Å². The molecule has 1 N–H and O–H groups in total. The van der Waals surface area contributed by atoms with Crippen molar-refractivity contribution >= 4 is 6.01 Å². The molecule has 0 unspecified atom stereocenters. The minimum atomic E-state index is 0.274. The summed E-state index contributed by atoms with van der Waals surface area (Å²) in [5, 5.41) is 11.2. The maximum atomic E-state index is 5.10. The fourth-order valence-electron chi connectivity index (χ4n) is 1.50. The average Bonchev–Trinajstić information content (AvgIpc) is 2.95. The second-order valence-corrected chi connectivity index (χ2v) is 4.10. The van der Waals surface area contributed by atoms with Gasteiger partial charge in [0, 0.05) is 18.7 Å². The Morgan fingerprint density at radius 1 is 1.47 bits per heavy atom. The monoisotopic (exact) mass is 235 g/mol. The highest BCUT2D eigenvalue weighted by Gasteiger charge is 2.09. The summed E-state index contributed by atoms with van der Waals surface area (Å²) in [6, 6.07) is 2.42. The average molecular weight is 235 g/mol. The van der Waals surface area contributed by atoms with E-state index in [9.17, 15) is 0 Å². The van der Waals surface area contributed by atoms with Crippen molar-refractivity contribution < 1.29 is 4.52 Å². The van der Waals surface area contributed by atoms with Gasteiger partial charge in [0.25, 0.3) is 0 Å². The predicted molar refractivity (Wildman–Crippen MR) is 63.6 cm³/mol. The number of hydrogen-bond acceptors (Lipinski definition) is 5. The van der Waals surface area contributed by atoms with Crippen LogP contribution in [0.1, 0.15) is 38.2 Å². The van der Waals surface area contributed by atoms with Gasteiger partial charge in [0.2, 0.25) is 0 Å². The second kappa shape index (κ2) is 4.99. The van der Waals surface area contributed by atoms with Gasteiger partial charge in [0.15, 0.2) is 5.82 Å². The van der Waals surface area contributed by atoms with Crippen LogP contribution in [-0.4, -0.2) is 19.9 Å². The maximum Gasteiger partial charge on any atom is 0.321 e. The van der Waals surface area contributed by atoms with Gasteiger partial charge in [-0.2, -0.15) is 10.1 Å². The van der Waals surface area contributed by atoms with Gasteiger partial charge in [-0.1, -0.05) is 19.0 Å². The zero-order valence-corrected chi connectivity index (χ0v) is 10.3. The minimum Gasteiger partial charge on any atom is -0.332 e. The van der Waals surface area contributed by atoms with Gasteiger partial charge in [-0.15, -0.1) is 0 Å². The first-order valence-electron chi connectivity index (χ1n) is 5.79. The van der Waals surface area contributed by atoms with Crippen molar-refractivity contribution in [3.05, 3.63) is 23.8 Å². The first-order valence-corrected chi connectivity index (χ1v) is 5.79. The molecule has 0 aliphatic heterocycles. The van der Waals surface area contributed by atoms with Gasteiger partial charge >= 0.3 is 6.01 Å². The fourth-order valence-corrected chi connectivity index (χ4v) is 1.50. The highest BCUT2D eigenvalue weighted by Crippen LogP contribution is 2.13. The van der Waals surface area contributed by atoms with Crippen molar-refractivity contribution in [2.45, 2.75) is 39.8 Å². The number of nitrogens with zero attached hydrogens (tertiary/aromatic N) is 4. The molecule has 2 rings (SSSR count). The Balaban J connectivity index is 1.97. The van der Waals surface area contributed by atoms with Crippen LogP contribution in [0.5, 0.6) is 0 Å². The lowest BCUT2D eigenvalue weighted by atomic mass is 10.2. The van der Waals surface area contributed by atoms with Crippen LogP contribution in [0.25, 0.3) is 0 Å². The smallest absolute Gasteiger partial charge is 0.321 e. The summed E-state index contributed by atoms with van der Waals surface area (Å²) in [7, 11) is 0. The molecule has 0 atom stereocenters. The van der Waals surface area contributed by atoms with E-state index >= 15 is 0 Å². The van der Waals surface area contributed by atoms with Crippen LogP contribution in [0.15, 0.2) is 16.8 Å². The van der Waals surface area contributed by atoms with Crippen LogP contribution in [0.3, 0.4) is 0 Å². The molecular weight excluding hydrogens is 218 g/mol. The summed E-state index contributed by atoms with van der Waals surface area (Å²) in [6.07, 6.45) is 1.79. The van der Waals surface area contributed by atoms with E-state index in [1.54, 1.807) is 6.20 Å². The van der Waals surface area contributed by atoms with Crippen LogP contribution in [0.4, 0.5) is 6.01 Å². The minimum absolute atomic E-state index is 0.274. The van der Waals surface area contributed by atoms with Crippen LogP contribution in [0.2, 0.25) is 0 Å². The molecule has 0 spiro atoms. The largest absolute Gasteiger partial charge is 0.332 e. The van der Waals surface area contributed by atoms with Gasteiger partial charge in [-0.05, 0) is 13.0 Å². The van der Waals surface area contributed by atoms with Crippen LogP contribution in [-0.2, 0) is 13.1 Å². The van der Waals surface area contributed by atoms with E-state index in [-0.39, 0.29) is 5.92 Å². The molecule has 0 radical (unpaired) electrons. The summed E-state index contributed by atoms with van der Waals surface area (Å²) >= 11 is 0. The molecule has 0 saturated carbocycles. The first kappa shape index (κ1) is 11.6. The van der Waals surface area contributed by atoms with E-state index in [0.29, 0.717) is 12.6 Å². The van der Waals surface area contributed by atoms with Crippen molar-refractivity contribution in [1.29, 1.82) is 0 Å². The van der Waals surface area contributed by atoms with Crippen molar-refractivity contribution in [2.24, 2.45) is 0 Å². The third-order valence-corrected chi connectivity index (χ3v) is 2.48. The van der Waals surface area contributed by atoms with E-state index in [4.69, 9.17) is 4.52 Å². The van der Waals surface area contributed by atoms with Crippen LogP contribution < -0.4 is 5.32 Å². The topological polar surface area (TPSA) is 68.8 Å². The molecule has 0 amide bonds. The van der Waals surface area contributed by atoms with Crippen molar-refractivity contribution in [3.63, 3.8) is 0 Å². The Morgan fingerprint density at radius 3 is 2.94 bits per heavy atom. The molecule has 0 fully saturated rings. The molecule has 0 saturated heterocycles. The number of aryl methyl sites for hydroxylation is 1. The molecule has 0 bridgehead atoms. The van der Waals surface area contributed by atoms with E-state index in [1.165, 1.54) is 0 Å². The van der Waals surface area contributed by atoms with Crippen LogP contribution >= 0.6 is 0 Å². The number of aromatic nitrogens is 4. The zero-order valence-electron chi connectivity index (χ0n) is 10.3.